The van der Waals surface area contributed by atoms with E-state index in [2.05, 4.69) is 4.98 Å². The monoisotopic (exact) mass is 595 g/mol. The zero-order chi connectivity index (χ0) is 29.6. The number of hydrogen-bond donors (Lipinski definition) is 2. The molecule has 4 N–H and O–H groups in total. The van der Waals surface area contributed by atoms with Gasteiger partial charge in [-0.15, -0.1) is 11.3 Å². The lowest BCUT2D eigenvalue weighted by molar-refractivity contribution is -0.154. The Morgan fingerprint density at radius 1 is 1.15 bits per heavy atom. The number of esters is 1. The van der Waals surface area contributed by atoms with E-state index < -0.39 is 59.3 Å². The number of ether oxygens (including phenoxy) is 1. The van der Waals surface area contributed by atoms with Crippen molar-refractivity contribution in [1.29, 1.82) is 0 Å². The SMILES string of the molecule is C/C(=C\c1nc2ccccc2s1)[C@@H]1C[C@@H]2C(F)(F)[C@]2(C)CCC[C@H](C)[C@H](O)[C@@H](C)C(=O)C(C)(C)[C@@H](O)CC(=O)O1.O. The van der Waals surface area contributed by atoms with E-state index in [4.69, 9.17) is 4.74 Å². The van der Waals surface area contributed by atoms with Gasteiger partial charge in [-0.3, -0.25) is 9.59 Å². The van der Waals surface area contributed by atoms with E-state index >= 15 is 8.78 Å². The molecule has 0 amide bonds. The van der Waals surface area contributed by atoms with Gasteiger partial charge in [-0.25, -0.2) is 13.8 Å². The second kappa shape index (κ2) is 12.1. The third-order valence-corrected chi connectivity index (χ3v) is 10.5. The van der Waals surface area contributed by atoms with Crippen molar-refractivity contribution in [2.24, 2.45) is 28.6 Å². The quantitative estimate of drug-likeness (QED) is 0.434. The summed E-state index contributed by atoms with van der Waals surface area (Å²) in [5.41, 5.74) is -1.15. The molecule has 41 heavy (non-hydrogen) atoms. The van der Waals surface area contributed by atoms with Crippen LogP contribution in [-0.4, -0.2) is 56.7 Å². The lowest BCUT2D eigenvalue weighted by Gasteiger charge is -2.34. The second-order valence-corrected chi connectivity index (χ2v) is 13.7. The van der Waals surface area contributed by atoms with Crippen LogP contribution in [0.1, 0.15) is 78.7 Å². The Balaban J connectivity index is 0.00000462. The topological polar surface area (TPSA) is 128 Å². The first kappa shape index (κ1) is 33.2. The summed E-state index contributed by atoms with van der Waals surface area (Å²) in [5, 5.41) is 22.5. The van der Waals surface area contributed by atoms with Crippen LogP contribution in [0.4, 0.5) is 8.78 Å². The molecule has 2 aromatic rings. The van der Waals surface area contributed by atoms with Crippen molar-refractivity contribution < 1.29 is 38.8 Å². The lowest BCUT2D eigenvalue weighted by Crippen LogP contribution is -2.45. The molecule has 1 aliphatic carbocycles. The highest BCUT2D eigenvalue weighted by atomic mass is 32.1. The van der Waals surface area contributed by atoms with Crippen LogP contribution in [0, 0.1) is 28.6 Å². The second-order valence-electron chi connectivity index (χ2n) is 12.7. The number of carbonyl (C=O) groups is 2. The van der Waals surface area contributed by atoms with Gasteiger partial charge in [0.15, 0.2) is 0 Å². The smallest absolute Gasteiger partial charge is 0.309 e. The van der Waals surface area contributed by atoms with E-state index in [1.54, 1.807) is 40.7 Å². The molecule has 2 aliphatic rings. The zero-order valence-electron chi connectivity index (χ0n) is 24.6. The fourth-order valence-electron chi connectivity index (χ4n) is 6.18. The number of fused-ring (bicyclic) bond motifs is 2. The highest BCUT2D eigenvalue weighted by Crippen LogP contribution is 2.70. The first-order chi connectivity index (χ1) is 18.6. The van der Waals surface area contributed by atoms with Crippen LogP contribution in [0.15, 0.2) is 29.8 Å². The number of aliphatic hydroxyl groups excluding tert-OH is 2. The predicted octanol–water partition coefficient (Wildman–Crippen LogP) is 5.61. The molecule has 1 aromatic carbocycles. The lowest BCUT2D eigenvalue weighted by atomic mass is 9.73. The van der Waals surface area contributed by atoms with Crippen molar-refractivity contribution in [3.05, 3.63) is 34.8 Å². The molecular weight excluding hydrogens is 552 g/mol. The fraction of sp³-hybridized carbons (Fsp3) is 0.645. The Bertz CT molecular complexity index is 1260. The maximum atomic E-state index is 15.3. The van der Waals surface area contributed by atoms with Gasteiger partial charge in [0.2, 0.25) is 0 Å². The van der Waals surface area contributed by atoms with Gasteiger partial charge in [-0.05, 0) is 55.9 Å². The number of cyclic esters (lactones) is 1. The highest BCUT2D eigenvalue weighted by Gasteiger charge is 2.76. The maximum Gasteiger partial charge on any atom is 0.309 e. The summed E-state index contributed by atoms with van der Waals surface area (Å²) in [6.45, 7) is 9.85. The Morgan fingerprint density at radius 2 is 1.80 bits per heavy atom. The minimum absolute atomic E-state index is 0. The number of Topliss-reactive ketones (excluding diaryl/α,β-unsaturated/α-hetero) is 1. The number of aromatic nitrogens is 1. The molecule has 1 saturated carbocycles. The maximum absolute atomic E-state index is 15.3. The Labute approximate surface area is 244 Å². The van der Waals surface area contributed by atoms with E-state index in [1.807, 2.05) is 31.2 Å². The summed E-state index contributed by atoms with van der Waals surface area (Å²) in [5.74, 6) is -6.11. The van der Waals surface area contributed by atoms with Crippen molar-refractivity contribution in [1.82, 2.24) is 4.98 Å². The Kier molecular flexibility index (Phi) is 9.85. The summed E-state index contributed by atoms with van der Waals surface area (Å²) in [6, 6.07) is 7.65. The number of benzene rings is 1. The van der Waals surface area contributed by atoms with Crippen molar-refractivity contribution in [2.45, 2.75) is 97.9 Å². The number of halogens is 2. The Hall–Kier alpha value is -2.27. The number of hydrogen-bond acceptors (Lipinski definition) is 7. The molecule has 2 fully saturated rings. The zero-order valence-corrected chi connectivity index (χ0v) is 25.4. The molecule has 7 atom stereocenters. The number of aliphatic hydroxyl groups is 2. The van der Waals surface area contributed by atoms with E-state index in [1.165, 1.54) is 11.3 Å². The fourth-order valence-corrected chi connectivity index (χ4v) is 7.16. The third kappa shape index (κ3) is 6.40. The largest absolute Gasteiger partial charge is 0.458 e. The van der Waals surface area contributed by atoms with Gasteiger partial charge >= 0.3 is 5.97 Å². The van der Waals surface area contributed by atoms with Crippen LogP contribution in [0.2, 0.25) is 0 Å². The van der Waals surface area contributed by atoms with Gasteiger partial charge in [0.1, 0.15) is 16.9 Å². The number of alkyl halides is 2. The van der Waals surface area contributed by atoms with Crippen LogP contribution in [-0.2, 0) is 14.3 Å². The standard InChI is InChI=1S/C31H41F2NO5S.H2O/c1-17-10-9-13-30(6)23(31(30,32)33)15-21(18(2)14-25-34-20-11-7-8-12-22(20)40-25)39-26(36)16-24(35)29(4,5)28(38)19(3)27(17)37;/h7-8,11-12,14,17,19,21,23-24,27,35,37H,9-10,13,15-16H2,1-6H3;1H2/b18-14+;/t17-,19+,21-,23-,24-,27-,30+;/m0./s1. The van der Waals surface area contributed by atoms with Crippen LogP contribution < -0.4 is 0 Å². The minimum atomic E-state index is -2.92. The molecule has 4 rings (SSSR count). The average Bonchev–Trinajstić information content (AvgIpc) is 3.15. The van der Waals surface area contributed by atoms with Crippen molar-refractivity contribution >= 4 is 39.4 Å². The third-order valence-electron chi connectivity index (χ3n) is 9.47. The van der Waals surface area contributed by atoms with Crippen LogP contribution in [0.3, 0.4) is 0 Å². The first-order valence-corrected chi connectivity index (χ1v) is 14.9. The molecule has 0 unspecified atom stereocenters. The summed E-state index contributed by atoms with van der Waals surface area (Å²) in [6.07, 6.45) is -0.822. The van der Waals surface area contributed by atoms with Gasteiger partial charge in [-0.1, -0.05) is 53.2 Å². The van der Waals surface area contributed by atoms with E-state index in [0.717, 1.165) is 10.2 Å². The number of thiazole rings is 1. The first-order valence-electron chi connectivity index (χ1n) is 14.1. The molecule has 7 nitrogen and oxygen atoms in total. The number of para-hydroxylation sites is 1. The summed E-state index contributed by atoms with van der Waals surface area (Å²) < 4.78 is 37.3. The van der Waals surface area contributed by atoms with E-state index in [-0.39, 0.29) is 30.0 Å². The van der Waals surface area contributed by atoms with Gasteiger partial charge < -0.3 is 20.4 Å². The molecule has 1 saturated heterocycles. The number of carbonyl (C=O) groups excluding carboxylic acids is 2. The van der Waals surface area contributed by atoms with Gasteiger partial charge in [0.25, 0.3) is 5.92 Å². The van der Waals surface area contributed by atoms with Crippen molar-refractivity contribution in [3.8, 4) is 0 Å². The van der Waals surface area contributed by atoms with E-state index in [0.29, 0.717) is 23.4 Å². The highest BCUT2D eigenvalue weighted by molar-refractivity contribution is 7.19. The summed E-state index contributed by atoms with van der Waals surface area (Å²) >= 11 is 1.46. The molecule has 0 radical (unpaired) electrons. The normalized spacial score (nSPS) is 34.8. The molecule has 0 bridgehead atoms. The molecule has 1 aromatic heterocycles. The van der Waals surface area contributed by atoms with Crippen molar-refractivity contribution in [3.63, 3.8) is 0 Å². The predicted molar refractivity (Wildman–Crippen MR) is 156 cm³/mol. The van der Waals surface area contributed by atoms with Crippen LogP contribution in [0.5, 0.6) is 0 Å². The van der Waals surface area contributed by atoms with Crippen molar-refractivity contribution in [2.75, 3.05) is 0 Å². The summed E-state index contributed by atoms with van der Waals surface area (Å²) in [4.78, 5) is 31.0. The van der Waals surface area contributed by atoms with Crippen LogP contribution in [0.25, 0.3) is 16.3 Å². The summed E-state index contributed by atoms with van der Waals surface area (Å²) in [7, 11) is 0. The number of ketones is 1. The molecule has 0 spiro atoms. The van der Waals surface area contributed by atoms with E-state index in [9.17, 15) is 19.8 Å². The van der Waals surface area contributed by atoms with Gasteiger partial charge in [-0.2, -0.15) is 0 Å². The minimum Gasteiger partial charge on any atom is -0.458 e. The Morgan fingerprint density at radius 3 is 2.46 bits per heavy atom. The molecular formula is C31H43F2NO6S. The van der Waals surface area contributed by atoms with Gasteiger partial charge in [0, 0.05) is 17.3 Å². The molecule has 228 valence electrons. The number of nitrogens with zero attached hydrogens (tertiary/aromatic N) is 1. The van der Waals surface area contributed by atoms with Crippen LogP contribution >= 0.6 is 11.3 Å². The average molecular weight is 596 g/mol. The molecule has 10 heteroatoms. The molecule has 1 aliphatic heterocycles. The number of rotatable bonds is 2. The molecule has 2 heterocycles. The van der Waals surface area contributed by atoms with Gasteiger partial charge in [0.05, 0.1) is 34.3 Å².